The molecule has 0 radical (unpaired) electrons. The molecule has 0 N–H and O–H groups in total. The van der Waals surface area contributed by atoms with E-state index in [2.05, 4.69) is 93.4 Å². The fourth-order valence-electron chi connectivity index (χ4n) is 5.54. The van der Waals surface area contributed by atoms with Gasteiger partial charge in [-0.2, -0.15) is 0 Å². The highest BCUT2D eigenvalue weighted by atomic mass is 16.3. The highest BCUT2D eigenvalue weighted by Gasteiger charge is 2.18. The van der Waals surface area contributed by atoms with Crippen LogP contribution in [0, 0.1) is 6.92 Å². The summed E-state index contributed by atoms with van der Waals surface area (Å²) in [5.74, 6) is 1.08. The van der Waals surface area contributed by atoms with Gasteiger partial charge in [-0.15, -0.1) is 0 Å². The first-order chi connectivity index (χ1) is 17.5. The van der Waals surface area contributed by atoms with Crippen LogP contribution in [0.1, 0.15) is 86.2 Å². The van der Waals surface area contributed by atoms with Gasteiger partial charge in [0, 0.05) is 35.3 Å². The molecule has 3 nitrogen and oxygen atoms in total. The lowest BCUT2D eigenvalue weighted by Gasteiger charge is -2.12. The summed E-state index contributed by atoms with van der Waals surface area (Å²) in [6.07, 6.45) is 11.6. The fourth-order valence-corrected chi connectivity index (χ4v) is 5.54. The van der Waals surface area contributed by atoms with Crippen molar-refractivity contribution in [2.24, 2.45) is 4.99 Å². The molecule has 1 aliphatic rings. The Balaban J connectivity index is 1.58. The largest absolute Gasteiger partial charge is 0.437 e. The number of hydrogen-bond acceptors (Lipinski definition) is 3. The Labute approximate surface area is 214 Å². The smallest absolute Gasteiger partial charge is 0.227 e. The quantitative estimate of drug-likeness (QED) is 0.205. The summed E-state index contributed by atoms with van der Waals surface area (Å²) in [6, 6.07) is 17.8. The molecule has 1 aliphatic carbocycles. The summed E-state index contributed by atoms with van der Waals surface area (Å²) >= 11 is 0. The van der Waals surface area contributed by atoms with Gasteiger partial charge in [-0.25, -0.2) is 4.98 Å². The highest BCUT2D eigenvalue weighted by Crippen LogP contribution is 2.37. The second kappa shape index (κ2) is 10.3. The molecule has 2 aromatic carbocycles. The zero-order chi connectivity index (χ0) is 25.2. The molecule has 0 saturated heterocycles. The van der Waals surface area contributed by atoms with Gasteiger partial charge in [-0.1, -0.05) is 69.2 Å². The molecule has 0 bridgehead atoms. The van der Waals surface area contributed by atoms with Crippen LogP contribution >= 0.6 is 0 Å². The molecule has 3 heteroatoms. The van der Waals surface area contributed by atoms with Gasteiger partial charge in [0.15, 0.2) is 0 Å². The molecular weight excluding hydrogens is 440 g/mol. The van der Waals surface area contributed by atoms with Crippen molar-refractivity contribution in [3.05, 3.63) is 88.6 Å². The van der Waals surface area contributed by atoms with Gasteiger partial charge < -0.3 is 4.42 Å². The Morgan fingerprint density at radius 3 is 2.42 bits per heavy atom. The van der Waals surface area contributed by atoms with Crippen LogP contribution in [0.3, 0.4) is 0 Å². The van der Waals surface area contributed by atoms with E-state index in [0.717, 1.165) is 44.7 Å². The Morgan fingerprint density at radius 1 is 1.00 bits per heavy atom. The number of furan rings is 1. The Morgan fingerprint density at radius 2 is 1.72 bits per heavy atom. The lowest BCUT2D eigenvalue weighted by molar-refractivity contribution is 0.646. The van der Waals surface area contributed by atoms with E-state index >= 15 is 0 Å². The number of aryl methyl sites for hydroxylation is 1. The Kier molecular flexibility index (Phi) is 6.91. The summed E-state index contributed by atoms with van der Waals surface area (Å²) in [5.41, 5.74) is 9.99. The maximum Gasteiger partial charge on any atom is 0.227 e. The van der Waals surface area contributed by atoms with Crippen molar-refractivity contribution in [3.8, 4) is 0 Å². The molecule has 36 heavy (non-hydrogen) atoms. The van der Waals surface area contributed by atoms with Crippen molar-refractivity contribution in [1.29, 1.82) is 0 Å². The van der Waals surface area contributed by atoms with Gasteiger partial charge in [0.25, 0.3) is 0 Å². The van der Waals surface area contributed by atoms with Gasteiger partial charge in [0.1, 0.15) is 5.58 Å². The third-order valence-corrected chi connectivity index (χ3v) is 7.57. The van der Waals surface area contributed by atoms with Crippen LogP contribution in [0.25, 0.3) is 33.2 Å². The maximum atomic E-state index is 6.42. The van der Waals surface area contributed by atoms with Crippen LogP contribution in [0.2, 0.25) is 0 Å². The molecule has 4 aromatic rings. The first-order valence-electron chi connectivity index (χ1n) is 13.2. The number of allylic oxidation sites excluding steroid dienone is 4. The molecule has 0 amide bonds. The summed E-state index contributed by atoms with van der Waals surface area (Å²) in [6.45, 7) is 8.64. The zero-order valence-electron chi connectivity index (χ0n) is 22.1. The molecule has 0 unspecified atom stereocenters. The second-order valence-corrected chi connectivity index (χ2v) is 10.4. The van der Waals surface area contributed by atoms with E-state index in [-0.39, 0.29) is 0 Å². The number of fused-ring (bicyclic) bond motifs is 3. The van der Waals surface area contributed by atoms with E-state index < -0.39 is 0 Å². The molecule has 5 rings (SSSR count). The molecule has 0 atom stereocenters. The lowest BCUT2D eigenvalue weighted by Crippen LogP contribution is -1.93. The molecule has 0 aliphatic heterocycles. The number of aliphatic imine (C=N–C) groups is 1. The van der Waals surface area contributed by atoms with Crippen molar-refractivity contribution < 1.29 is 4.42 Å². The van der Waals surface area contributed by atoms with Gasteiger partial charge in [0.2, 0.25) is 5.71 Å². The normalized spacial score (nSPS) is 15.8. The maximum absolute atomic E-state index is 6.42. The van der Waals surface area contributed by atoms with E-state index in [4.69, 9.17) is 9.40 Å². The summed E-state index contributed by atoms with van der Waals surface area (Å²) < 4.78 is 6.42. The van der Waals surface area contributed by atoms with Crippen LogP contribution in [0.15, 0.2) is 70.1 Å². The third-order valence-electron chi connectivity index (χ3n) is 7.57. The number of pyridine rings is 1. The van der Waals surface area contributed by atoms with Gasteiger partial charge in [-0.05, 0) is 84.6 Å². The monoisotopic (exact) mass is 476 g/mol. The molecule has 0 spiro atoms. The van der Waals surface area contributed by atoms with E-state index in [1.54, 1.807) is 0 Å². The summed E-state index contributed by atoms with van der Waals surface area (Å²) in [7, 11) is 1.81. The number of benzene rings is 2. The van der Waals surface area contributed by atoms with Crippen LogP contribution in [-0.4, -0.2) is 18.2 Å². The number of nitrogens with zero attached hydrogens (tertiary/aromatic N) is 2. The first-order valence-corrected chi connectivity index (χ1v) is 13.2. The molecule has 2 aromatic heterocycles. The summed E-state index contributed by atoms with van der Waals surface area (Å²) in [4.78, 5) is 9.04. The van der Waals surface area contributed by atoms with Gasteiger partial charge in [-0.3, -0.25) is 4.99 Å². The minimum absolute atomic E-state index is 0.360. The van der Waals surface area contributed by atoms with Crippen molar-refractivity contribution in [2.75, 3.05) is 7.05 Å². The van der Waals surface area contributed by atoms with Gasteiger partial charge in [0.05, 0.1) is 0 Å². The second-order valence-electron chi connectivity index (χ2n) is 10.4. The zero-order valence-corrected chi connectivity index (χ0v) is 22.1. The standard InChI is InChI=1S/C33H36N2O/c1-21(2)30-17-16-29-28-15-10-22(3)31(32(28)36-33(29)35-30)23(4)20-27(18-19-34-5)26-13-11-25(12-14-26)24-8-6-7-9-24/h10-21,24H,6-9H2,1-5H3/b23-20+,27-18+,34-19+. The number of aromatic nitrogens is 1. The van der Waals surface area contributed by atoms with E-state index in [1.165, 1.54) is 42.4 Å². The van der Waals surface area contributed by atoms with Crippen LogP contribution < -0.4 is 0 Å². The average molecular weight is 477 g/mol. The Hall–Kier alpha value is -3.46. The lowest BCUT2D eigenvalue weighted by atomic mass is 9.93. The SMILES string of the molecule is C/N=C/C=C(\C=C(/C)c1c(C)ccc2c1oc1nc(C(C)C)ccc12)c1ccc(C2CCCC2)cc1. The molecule has 2 heterocycles. The van der Waals surface area contributed by atoms with Crippen molar-refractivity contribution in [2.45, 2.75) is 65.2 Å². The van der Waals surface area contributed by atoms with Crippen LogP contribution in [-0.2, 0) is 0 Å². The molecular formula is C33H36N2O. The van der Waals surface area contributed by atoms with Gasteiger partial charge >= 0.3 is 0 Å². The topological polar surface area (TPSA) is 38.4 Å². The van der Waals surface area contributed by atoms with Crippen molar-refractivity contribution >= 4 is 39.4 Å². The van der Waals surface area contributed by atoms with Crippen molar-refractivity contribution in [1.82, 2.24) is 4.98 Å². The fraction of sp³-hybridized carbons (Fsp3) is 0.333. The van der Waals surface area contributed by atoms with E-state index in [1.807, 2.05) is 13.3 Å². The predicted octanol–water partition coefficient (Wildman–Crippen LogP) is 9.26. The van der Waals surface area contributed by atoms with E-state index in [0.29, 0.717) is 11.6 Å². The van der Waals surface area contributed by atoms with Crippen LogP contribution in [0.5, 0.6) is 0 Å². The third kappa shape index (κ3) is 4.67. The average Bonchev–Trinajstić information content (AvgIpc) is 3.54. The first kappa shape index (κ1) is 24.2. The van der Waals surface area contributed by atoms with E-state index in [9.17, 15) is 0 Å². The number of rotatable bonds is 6. The molecule has 1 fully saturated rings. The summed E-state index contributed by atoms with van der Waals surface area (Å²) in [5, 5.41) is 2.18. The Bertz CT molecular complexity index is 1480. The van der Waals surface area contributed by atoms with Crippen molar-refractivity contribution in [3.63, 3.8) is 0 Å². The highest BCUT2D eigenvalue weighted by molar-refractivity contribution is 6.08. The molecule has 184 valence electrons. The predicted molar refractivity (Wildman–Crippen MR) is 154 cm³/mol. The molecule has 1 saturated carbocycles. The minimum atomic E-state index is 0.360. The minimum Gasteiger partial charge on any atom is -0.437 e. The number of hydrogen-bond donors (Lipinski definition) is 0. The van der Waals surface area contributed by atoms with Crippen LogP contribution in [0.4, 0.5) is 0 Å².